The van der Waals surface area contributed by atoms with E-state index in [0.717, 1.165) is 30.3 Å². The van der Waals surface area contributed by atoms with E-state index in [2.05, 4.69) is 40.4 Å². The summed E-state index contributed by atoms with van der Waals surface area (Å²) in [6, 6.07) is 3.15. The number of aromatic nitrogens is 3. The number of nitrogens with zero attached hydrogens (tertiary/aromatic N) is 4. The molecule has 3 heterocycles. The van der Waals surface area contributed by atoms with E-state index in [4.69, 9.17) is 10.7 Å². The minimum absolute atomic E-state index is 0.481. The van der Waals surface area contributed by atoms with Crippen molar-refractivity contribution in [2.45, 2.75) is 58.7 Å². The molecule has 3 rings (SSSR count). The lowest BCUT2D eigenvalue weighted by molar-refractivity contribution is 0.0880. The van der Waals surface area contributed by atoms with Crippen LogP contribution in [0, 0.1) is 13.8 Å². The Morgan fingerprint density at radius 2 is 2.10 bits per heavy atom. The highest BCUT2D eigenvalue weighted by Crippen LogP contribution is 2.24. The Hall–Kier alpha value is -1.46. The molecule has 0 amide bonds. The Balaban J connectivity index is 1.88. The number of likely N-dealkylation sites (tertiary alicyclic amines) is 1. The smallest absolute Gasteiger partial charge is 0.234 e. The molecule has 0 spiro atoms. The monoisotopic (exact) mass is 287 g/mol. The Morgan fingerprint density at radius 1 is 1.29 bits per heavy atom. The van der Waals surface area contributed by atoms with Crippen molar-refractivity contribution in [2.24, 2.45) is 5.73 Å². The van der Waals surface area contributed by atoms with Gasteiger partial charge in [0.1, 0.15) is 0 Å². The molecule has 1 aliphatic rings. The van der Waals surface area contributed by atoms with Crippen molar-refractivity contribution in [1.29, 1.82) is 0 Å². The van der Waals surface area contributed by atoms with Gasteiger partial charge in [-0.25, -0.2) is 9.97 Å². The topological polar surface area (TPSA) is 59.5 Å². The maximum Gasteiger partial charge on any atom is 0.234 e. The molecule has 0 bridgehead atoms. The summed E-state index contributed by atoms with van der Waals surface area (Å²) < 4.78 is 2.08. The number of hydrogen-bond donors (Lipinski definition) is 1. The number of hydrogen-bond acceptors (Lipinski definition) is 4. The fourth-order valence-electron chi connectivity index (χ4n) is 3.46. The van der Waals surface area contributed by atoms with Crippen LogP contribution in [0.25, 0.3) is 5.78 Å². The molecule has 114 valence electrons. The third kappa shape index (κ3) is 2.80. The maximum absolute atomic E-state index is 5.95. The van der Waals surface area contributed by atoms with Crippen LogP contribution in [0.4, 0.5) is 0 Å². The molecule has 5 heteroatoms. The zero-order valence-corrected chi connectivity index (χ0v) is 13.2. The van der Waals surface area contributed by atoms with Crippen molar-refractivity contribution in [1.82, 2.24) is 19.3 Å². The second kappa shape index (κ2) is 5.73. The molecule has 21 heavy (non-hydrogen) atoms. The second-order valence-corrected chi connectivity index (χ2v) is 6.28. The number of imidazole rings is 1. The normalized spacial score (nSPS) is 23.8. The van der Waals surface area contributed by atoms with Gasteiger partial charge in [-0.2, -0.15) is 0 Å². The predicted molar refractivity (Wildman–Crippen MR) is 84.2 cm³/mol. The van der Waals surface area contributed by atoms with Crippen molar-refractivity contribution in [2.75, 3.05) is 6.54 Å². The number of rotatable bonds is 3. The SMILES string of the molecule is Cc1cc(C)n2cc(CN3C(C)CCCC3CN)nc2n1. The molecule has 0 aromatic carbocycles. The van der Waals surface area contributed by atoms with E-state index < -0.39 is 0 Å². The molecule has 2 aromatic heterocycles. The summed E-state index contributed by atoms with van der Waals surface area (Å²) >= 11 is 0. The van der Waals surface area contributed by atoms with Gasteiger partial charge in [-0.3, -0.25) is 9.30 Å². The van der Waals surface area contributed by atoms with E-state index in [0.29, 0.717) is 12.1 Å². The van der Waals surface area contributed by atoms with Gasteiger partial charge < -0.3 is 5.73 Å². The zero-order chi connectivity index (χ0) is 15.0. The van der Waals surface area contributed by atoms with Gasteiger partial charge in [0.05, 0.1) is 5.69 Å². The average Bonchev–Trinajstić information content (AvgIpc) is 2.84. The third-order valence-electron chi connectivity index (χ3n) is 4.62. The molecule has 2 unspecified atom stereocenters. The highest BCUT2D eigenvalue weighted by Gasteiger charge is 2.27. The molecular weight excluding hydrogens is 262 g/mol. The van der Waals surface area contributed by atoms with Gasteiger partial charge in [-0.15, -0.1) is 0 Å². The molecule has 2 aromatic rings. The highest BCUT2D eigenvalue weighted by molar-refractivity contribution is 5.34. The van der Waals surface area contributed by atoms with E-state index in [-0.39, 0.29) is 0 Å². The Morgan fingerprint density at radius 3 is 2.86 bits per heavy atom. The maximum atomic E-state index is 5.95. The fraction of sp³-hybridized carbons (Fsp3) is 0.625. The zero-order valence-electron chi connectivity index (χ0n) is 13.2. The number of piperidine rings is 1. The Bertz CT molecular complexity index is 633. The van der Waals surface area contributed by atoms with Gasteiger partial charge in [0.25, 0.3) is 0 Å². The van der Waals surface area contributed by atoms with Crippen LogP contribution in [0.5, 0.6) is 0 Å². The number of fused-ring (bicyclic) bond motifs is 1. The van der Waals surface area contributed by atoms with Crippen LogP contribution in [-0.2, 0) is 6.54 Å². The van der Waals surface area contributed by atoms with Gasteiger partial charge in [-0.1, -0.05) is 6.42 Å². The quantitative estimate of drug-likeness (QED) is 0.938. The van der Waals surface area contributed by atoms with Crippen LogP contribution in [0.2, 0.25) is 0 Å². The summed E-state index contributed by atoms with van der Waals surface area (Å²) in [5.41, 5.74) is 9.23. The molecule has 2 atom stereocenters. The van der Waals surface area contributed by atoms with Crippen LogP contribution < -0.4 is 5.73 Å². The molecular formula is C16H25N5. The molecule has 0 saturated carbocycles. The minimum atomic E-state index is 0.481. The van der Waals surface area contributed by atoms with Crippen molar-refractivity contribution in [3.63, 3.8) is 0 Å². The largest absolute Gasteiger partial charge is 0.329 e. The van der Waals surface area contributed by atoms with Gasteiger partial charge in [0.15, 0.2) is 0 Å². The van der Waals surface area contributed by atoms with E-state index in [1.54, 1.807) is 0 Å². The average molecular weight is 287 g/mol. The van der Waals surface area contributed by atoms with Crippen LogP contribution in [0.1, 0.15) is 43.3 Å². The fourth-order valence-corrected chi connectivity index (χ4v) is 3.46. The van der Waals surface area contributed by atoms with Crippen LogP contribution in [0.15, 0.2) is 12.3 Å². The van der Waals surface area contributed by atoms with E-state index in [1.807, 2.05) is 6.92 Å². The number of aryl methyl sites for hydroxylation is 2. The first kappa shape index (κ1) is 14.5. The third-order valence-corrected chi connectivity index (χ3v) is 4.62. The molecule has 0 aliphatic carbocycles. The van der Waals surface area contributed by atoms with Crippen molar-refractivity contribution >= 4 is 5.78 Å². The van der Waals surface area contributed by atoms with Crippen LogP contribution in [-0.4, -0.2) is 37.9 Å². The van der Waals surface area contributed by atoms with Crippen molar-refractivity contribution in [3.8, 4) is 0 Å². The molecule has 5 nitrogen and oxygen atoms in total. The first-order chi connectivity index (χ1) is 10.1. The molecule has 1 fully saturated rings. The minimum Gasteiger partial charge on any atom is -0.329 e. The van der Waals surface area contributed by atoms with Gasteiger partial charge in [0, 0.05) is 42.8 Å². The first-order valence-corrected chi connectivity index (χ1v) is 7.86. The Kier molecular flexibility index (Phi) is 3.95. The predicted octanol–water partition coefficient (Wildman–Crippen LogP) is 2.05. The highest BCUT2D eigenvalue weighted by atomic mass is 15.2. The number of nitrogens with two attached hydrogens (primary N) is 1. The second-order valence-electron chi connectivity index (χ2n) is 6.28. The first-order valence-electron chi connectivity index (χ1n) is 7.86. The lowest BCUT2D eigenvalue weighted by atomic mass is 9.96. The van der Waals surface area contributed by atoms with Crippen molar-refractivity contribution in [3.05, 3.63) is 29.3 Å². The Labute approximate surface area is 126 Å². The molecule has 0 radical (unpaired) electrons. The summed E-state index contributed by atoms with van der Waals surface area (Å²) in [6.45, 7) is 8.00. The standard InChI is InChI=1S/C16H25N5/c1-11-7-13(3)21-10-14(19-16(21)18-11)9-20-12(2)5-4-6-15(20)8-17/h7,10,12,15H,4-6,8-9,17H2,1-3H3. The molecule has 1 saturated heterocycles. The summed E-state index contributed by atoms with van der Waals surface area (Å²) in [6.07, 6.45) is 5.85. The van der Waals surface area contributed by atoms with Crippen molar-refractivity contribution < 1.29 is 0 Å². The van der Waals surface area contributed by atoms with Crippen LogP contribution in [0.3, 0.4) is 0 Å². The summed E-state index contributed by atoms with van der Waals surface area (Å²) in [5, 5.41) is 0. The van der Waals surface area contributed by atoms with Gasteiger partial charge >= 0.3 is 0 Å². The lowest BCUT2D eigenvalue weighted by Crippen LogP contribution is -2.48. The molecule has 2 N–H and O–H groups in total. The van der Waals surface area contributed by atoms with E-state index in [9.17, 15) is 0 Å². The van der Waals surface area contributed by atoms with E-state index in [1.165, 1.54) is 25.0 Å². The van der Waals surface area contributed by atoms with Gasteiger partial charge in [-0.05, 0) is 39.7 Å². The van der Waals surface area contributed by atoms with Crippen LogP contribution >= 0.6 is 0 Å². The summed E-state index contributed by atoms with van der Waals surface area (Å²) in [5.74, 6) is 0.802. The lowest BCUT2D eigenvalue weighted by Gasteiger charge is -2.39. The van der Waals surface area contributed by atoms with E-state index >= 15 is 0 Å². The van der Waals surface area contributed by atoms with Gasteiger partial charge in [0.2, 0.25) is 5.78 Å². The summed E-state index contributed by atoms with van der Waals surface area (Å²) in [4.78, 5) is 11.7. The molecule has 1 aliphatic heterocycles. The summed E-state index contributed by atoms with van der Waals surface area (Å²) in [7, 11) is 0.